The molecule has 3 unspecified atom stereocenters. The minimum absolute atomic E-state index is 0.197. The standard InChI is InChI=1S/C14H30N2O/c1-11(2)8-14(17)10-16-12(3)9-13-6-4-5-7-15-13/h11-17H,4-10H2,1-3H3. The molecule has 0 aromatic carbocycles. The fourth-order valence-corrected chi connectivity index (χ4v) is 2.60. The molecule has 1 heterocycles. The lowest BCUT2D eigenvalue weighted by molar-refractivity contribution is 0.141. The first-order valence-corrected chi connectivity index (χ1v) is 7.22. The van der Waals surface area contributed by atoms with Gasteiger partial charge in [-0.1, -0.05) is 20.3 Å². The van der Waals surface area contributed by atoms with E-state index in [0.717, 1.165) is 13.0 Å². The third kappa shape index (κ3) is 7.02. The molecule has 1 fully saturated rings. The van der Waals surface area contributed by atoms with Gasteiger partial charge in [-0.25, -0.2) is 0 Å². The summed E-state index contributed by atoms with van der Waals surface area (Å²) in [4.78, 5) is 0. The number of aliphatic hydroxyl groups excluding tert-OH is 1. The Morgan fingerprint density at radius 1 is 1.29 bits per heavy atom. The smallest absolute Gasteiger partial charge is 0.0667 e. The van der Waals surface area contributed by atoms with E-state index in [1.807, 2.05) is 0 Å². The van der Waals surface area contributed by atoms with Gasteiger partial charge in [-0.2, -0.15) is 0 Å². The fourth-order valence-electron chi connectivity index (χ4n) is 2.60. The largest absolute Gasteiger partial charge is 0.392 e. The van der Waals surface area contributed by atoms with Crippen LogP contribution in [-0.2, 0) is 0 Å². The van der Waals surface area contributed by atoms with E-state index in [0.29, 0.717) is 18.0 Å². The highest BCUT2D eigenvalue weighted by Gasteiger charge is 2.16. The highest BCUT2D eigenvalue weighted by Crippen LogP contribution is 2.12. The molecule has 0 bridgehead atoms. The summed E-state index contributed by atoms with van der Waals surface area (Å²) < 4.78 is 0. The van der Waals surface area contributed by atoms with Crippen LogP contribution in [0.25, 0.3) is 0 Å². The van der Waals surface area contributed by atoms with Crippen LogP contribution in [0.2, 0.25) is 0 Å². The average Bonchev–Trinajstić information content (AvgIpc) is 2.27. The van der Waals surface area contributed by atoms with Crippen molar-refractivity contribution in [2.24, 2.45) is 5.92 Å². The summed E-state index contributed by atoms with van der Waals surface area (Å²) in [7, 11) is 0. The summed E-state index contributed by atoms with van der Waals surface area (Å²) in [5.74, 6) is 0.571. The second-order valence-electron chi connectivity index (χ2n) is 5.98. The molecule has 1 aliphatic heterocycles. The lowest BCUT2D eigenvalue weighted by Crippen LogP contribution is -2.41. The van der Waals surface area contributed by atoms with Gasteiger partial charge in [-0.15, -0.1) is 0 Å². The molecular weight excluding hydrogens is 212 g/mol. The van der Waals surface area contributed by atoms with Crippen molar-refractivity contribution in [2.45, 2.75) is 71.1 Å². The molecule has 3 atom stereocenters. The lowest BCUT2D eigenvalue weighted by atomic mass is 9.98. The number of piperidine rings is 1. The monoisotopic (exact) mass is 242 g/mol. The Hall–Kier alpha value is -0.120. The van der Waals surface area contributed by atoms with E-state index in [4.69, 9.17) is 0 Å². The van der Waals surface area contributed by atoms with Crippen molar-refractivity contribution in [2.75, 3.05) is 13.1 Å². The van der Waals surface area contributed by atoms with Gasteiger partial charge in [0.1, 0.15) is 0 Å². The number of hydrogen-bond donors (Lipinski definition) is 3. The molecule has 0 saturated carbocycles. The van der Waals surface area contributed by atoms with E-state index in [2.05, 4.69) is 31.4 Å². The summed E-state index contributed by atoms with van der Waals surface area (Å²) in [6, 6.07) is 1.17. The number of aliphatic hydroxyl groups is 1. The van der Waals surface area contributed by atoms with E-state index < -0.39 is 0 Å². The maximum atomic E-state index is 9.80. The zero-order valence-electron chi connectivity index (χ0n) is 11.7. The van der Waals surface area contributed by atoms with Crippen LogP contribution in [0, 0.1) is 5.92 Å². The molecule has 0 aliphatic carbocycles. The van der Waals surface area contributed by atoms with Gasteiger partial charge in [-0.05, 0) is 45.1 Å². The van der Waals surface area contributed by atoms with Crippen LogP contribution in [0.3, 0.4) is 0 Å². The van der Waals surface area contributed by atoms with Crippen molar-refractivity contribution >= 4 is 0 Å². The van der Waals surface area contributed by atoms with Gasteiger partial charge in [-0.3, -0.25) is 0 Å². The second-order valence-corrected chi connectivity index (χ2v) is 5.98. The molecule has 17 heavy (non-hydrogen) atoms. The van der Waals surface area contributed by atoms with Crippen LogP contribution in [0.5, 0.6) is 0 Å². The zero-order chi connectivity index (χ0) is 12.7. The maximum Gasteiger partial charge on any atom is 0.0667 e. The van der Waals surface area contributed by atoms with Gasteiger partial charge in [0.05, 0.1) is 6.10 Å². The van der Waals surface area contributed by atoms with E-state index in [9.17, 15) is 5.11 Å². The van der Waals surface area contributed by atoms with Crippen LogP contribution in [0.1, 0.15) is 52.9 Å². The number of rotatable bonds is 7. The topological polar surface area (TPSA) is 44.3 Å². The van der Waals surface area contributed by atoms with E-state index in [-0.39, 0.29) is 6.10 Å². The first-order valence-electron chi connectivity index (χ1n) is 7.22. The third-order valence-corrected chi connectivity index (χ3v) is 3.50. The third-order valence-electron chi connectivity index (χ3n) is 3.50. The number of nitrogens with one attached hydrogen (secondary N) is 2. The molecule has 1 saturated heterocycles. The van der Waals surface area contributed by atoms with Crippen molar-refractivity contribution in [1.82, 2.24) is 10.6 Å². The second kappa shape index (κ2) is 8.06. The molecule has 102 valence electrons. The molecule has 3 nitrogen and oxygen atoms in total. The Morgan fingerprint density at radius 2 is 2.06 bits per heavy atom. The van der Waals surface area contributed by atoms with Gasteiger partial charge < -0.3 is 15.7 Å². The Morgan fingerprint density at radius 3 is 2.65 bits per heavy atom. The molecule has 0 spiro atoms. The van der Waals surface area contributed by atoms with E-state index in [1.54, 1.807) is 0 Å². The quantitative estimate of drug-likeness (QED) is 0.639. The summed E-state index contributed by atoms with van der Waals surface area (Å²) in [5.41, 5.74) is 0. The van der Waals surface area contributed by atoms with Crippen LogP contribution >= 0.6 is 0 Å². The lowest BCUT2D eigenvalue weighted by Gasteiger charge is -2.27. The van der Waals surface area contributed by atoms with Crippen molar-refractivity contribution in [3.8, 4) is 0 Å². The minimum Gasteiger partial charge on any atom is -0.392 e. The number of hydrogen-bond acceptors (Lipinski definition) is 3. The molecular formula is C14H30N2O. The van der Waals surface area contributed by atoms with E-state index >= 15 is 0 Å². The molecule has 0 amide bonds. The van der Waals surface area contributed by atoms with Crippen LogP contribution < -0.4 is 10.6 Å². The summed E-state index contributed by atoms with van der Waals surface area (Å²) in [6.45, 7) is 8.43. The highest BCUT2D eigenvalue weighted by atomic mass is 16.3. The summed E-state index contributed by atoms with van der Waals surface area (Å²) >= 11 is 0. The molecule has 0 radical (unpaired) electrons. The summed E-state index contributed by atoms with van der Waals surface area (Å²) in [5, 5.41) is 16.8. The molecule has 1 aliphatic rings. The van der Waals surface area contributed by atoms with Gasteiger partial charge >= 0.3 is 0 Å². The predicted molar refractivity (Wildman–Crippen MR) is 73.2 cm³/mol. The maximum absolute atomic E-state index is 9.80. The normalized spacial score (nSPS) is 24.9. The molecule has 1 rings (SSSR count). The Kier molecular flexibility index (Phi) is 7.09. The molecule has 3 heteroatoms. The Labute approximate surface area is 106 Å². The van der Waals surface area contributed by atoms with Crippen molar-refractivity contribution in [1.29, 1.82) is 0 Å². The predicted octanol–water partition coefficient (Wildman–Crippen LogP) is 1.90. The fraction of sp³-hybridized carbons (Fsp3) is 1.00. The van der Waals surface area contributed by atoms with E-state index in [1.165, 1.54) is 32.2 Å². The Balaban J connectivity index is 2.09. The van der Waals surface area contributed by atoms with Crippen molar-refractivity contribution < 1.29 is 5.11 Å². The van der Waals surface area contributed by atoms with Crippen LogP contribution in [-0.4, -0.2) is 36.4 Å². The van der Waals surface area contributed by atoms with Crippen molar-refractivity contribution in [3.05, 3.63) is 0 Å². The van der Waals surface area contributed by atoms with Crippen LogP contribution in [0.15, 0.2) is 0 Å². The first kappa shape index (κ1) is 14.9. The van der Waals surface area contributed by atoms with Gasteiger partial charge in [0.25, 0.3) is 0 Å². The zero-order valence-corrected chi connectivity index (χ0v) is 11.7. The van der Waals surface area contributed by atoms with Gasteiger partial charge in [0, 0.05) is 18.6 Å². The molecule has 0 aromatic heterocycles. The SMILES string of the molecule is CC(C)CC(O)CNC(C)CC1CCCCN1. The van der Waals surface area contributed by atoms with Crippen molar-refractivity contribution in [3.63, 3.8) is 0 Å². The molecule has 0 aromatic rings. The highest BCUT2D eigenvalue weighted by molar-refractivity contribution is 4.77. The van der Waals surface area contributed by atoms with Gasteiger partial charge in [0.15, 0.2) is 0 Å². The van der Waals surface area contributed by atoms with Crippen LogP contribution in [0.4, 0.5) is 0 Å². The molecule has 3 N–H and O–H groups in total. The first-order chi connectivity index (χ1) is 8.08. The summed E-state index contributed by atoms with van der Waals surface area (Å²) in [6.07, 6.45) is 5.86. The van der Waals surface area contributed by atoms with Gasteiger partial charge in [0.2, 0.25) is 0 Å². The Bertz CT molecular complexity index is 191. The average molecular weight is 242 g/mol. The minimum atomic E-state index is -0.197.